The van der Waals surface area contributed by atoms with E-state index in [-0.39, 0.29) is 5.91 Å². The summed E-state index contributed by atoms with van der Waals surface area (Å²) in [6.07, 6.45) is 1.03. The zero-order chi connectivity index (χ0) is 19.7. The lowest BCUT2D eigenvalue weighted by atomic mass is 10.1. The predicted octanol–water partition coefficient (Wildman–Crippen LogP) is 6.04. The van der Waals surface area contributed by atoms with Gasteiger partial charge in [-0.1, -0.05) is 36.8 Å². The lowest BCUT2D eigenvalue weighted by Gasteiger charge is -2.08. The van der Waals surface area contributed by atoms with E-state index >= 15 is 0 Å². The van der Waals surface area contributed by atoms with Crippen LogP contribution in [0.3, 0.4) is 0 Å². The molecule has 4 nitrogen and oxygen atoms in total. The number of nitrogens with one attached hydrogen (secondary N) is 1. The van der Waals surface area contributed by atoms with Crippen LogP contribution in [0.25, 0.3) is 21.7 Å². The minimum absolute atomic E-state index is 0.0821. The molecule has 0 unspecified atom stereocenters. The van der Waals surface area contributed by atoms with Crippen LogP contribution in [-0.2, 0) is 6.54 Å². The van der Waals surface area contributed by atoms with E-state index in [0.717, 1.165) is 46.0 Å². The number of aromatic nitrogens is 2. The molecule has 0 aliphatic rings. The Morgan fingerprint density at radius 3 is 2.71 bits per heavy atom. The van der Waals surface area contributed by atoms with E-state index in [1.807, 2.05) is 56.3 Å². The first-order valence-electron chi connectivity index (χ1n) is 9.51. The van der Waals surface area contributed by atoms with Crippen molar-refractivity contribution < 1.29 is 4.79 Å². The van der Waals surface area contributed by atoms with Gasteiger partial charge in [0.2, 0.25) is 0 Å². The monoisotopic (exact) mass is 389 g/mol. The third kappa shape index (κ3) is 3.45. The normalized spacial score (nSPS) is 11.1. The molecule has 0 bridgehead atoms. The summed E-state index contributed by atoms with van der Waals surface area (Å²) in [7, 11) is 0. The largest absolute Gasteiger partial charge is 0.323 e. The van der Waals surface area contributed by atoms with E-state index in [0.29, 0.717) is 4.88 Å². The molecule has 0 aliphatic carbocycles. The van der Waals surface area contributed by atoms with Crippen LogP contribution in [0.4, 0.5) is 5.69 Å². The summed E-state index contributed by atoms with van der Waals surface area (Å²) in [4.78, 5) is 19.3. The van der Waals surface area contributed by atoms with Gasteiger partial charge in [-0.2, -0.15) is 0 Å². The molecular formula is C23H23N3OS. The number of nitrogens with zero attached hydrogens (tertiary/aromatic N) is 2. The number of hydrogen-bond donors (Lipinski definition) is 1. The fourth-order valence-corrected chi connectivity index (χ4v) is 4.33. The fourth-order valence-electron chi connectivity index (χ4n) is 3.43. The maximum absolute atomic E-state index is 12.8. The lowest BCUT2D eigenvalue weighted by molar-refractivity contribution is 0.103. The average Bonchev–Trinajstić information content (AvgIpc) is 3.30. The van der Waals surface area contributed by atoms with Crippen LogP contribution in [0, 0.1) is 13.8 Å². The van der Waals surface area contributed by atoms with Crippen LogP contribution in [0.1, 0.15) is 34.1 Å². The molecule has 0 radical (unpaired) electrons. The molecule has 0 spiro atoms. The Labute approximate surface area is 168 Å². The summed E-state index contributed by atoms with van der Waals surface area (Å²) in [6.45, 7) is 7.12. The molecule has 0 saturated heterocycles. The molecular weight excluding hydrogens is 366 g/mol. The third-order valence-electron chi connectivity index (χ3n) is 4.78. The van der Waals surface area contributed by atoms with E-state index in [1.165, 1.54) is 16.9 Å². The number of carbonyl (C=O) groups excluding carboxylic acids is 1. The van der Waals surface area contributed by atoms with Crippen LogP contribution in [0.5, 0.6) is 0 Å². The first-order valence-corrected chi connectivity index (χ1v) is 10.3. The van der Waals surface area contributed by atoms with Crippen LogP contribution in [0.2, 0.25) is 0 Å². The van der Waals surface area contributed by atoms with Crippen LogP contribution in [0.15, 0.2) is 54.6 Å². The molecule has 4 aromatic rings. The molecule has 4 rings (SSSR count). The molecule has 1 amide bonds. The van der Waals surface area contributed by atoms with Gasteiger partial charge >= 0.3 is 0 Å². The van der Waals surface area contributed by atoms with Gasteiger partial charge in [0.15, 0.2) is 5.82 Å². The highest BCUT2D eigenvalue weighted by Crippen LogP contribution is 2.31. The van der Waals surface area contributed by atoms with Crippen molar-refractivity contribution in [2.24, 2.45) is 0 Å². The maximum atomic E-state index is 12.8. The van der Waals surface area contributed by atoms with Crippen LogP contribution >= 0.6 is 11.3 Å². The van der Waals surface area contributed by atoms with Crippen molar-refractivity contribution in [2.45, 2.75) is 33.7 Å². The Balaban J connectivity index is 1.65. The number of anilines is 1. The van der Waals surface area contributed by atoms with Gasteiger partial charge in [-0.15, -0.1) is 11.3 Å². The van der Waals surface area contributed by atoms with E-state index in [2.05, 4.69) is 28.9 Å². The fraction of sp³-hybridized carbons (Fsp3) is 0.217. The van der Waals surface area contributed by atoms with Crippen molar-refractivity contribution >= 4 is 34.0 Å². The highest BCUT2D eigenvalue weighted by atomic mass is 32.1. The molecule has 0 fully saturated rings. The average molecular weight is 390 g/mol. The highest BCUT2D eigenvalue weighted by molar-refractivity contribution is 7.17. The van der Waals surface area contributed by atoms with Gasteiger partial charge in [0.1, 0.15) is 0 Å². The standard InChI is InChI=1S/C23H23N3OS/c1-4-13-26-19-8-6-5-7-18(19)24-22(26)20-11-12-21(28-20)23(27)25-17-10-9-15(2)14-16(17)3/h5-12,14H,4,13H2,1-3H3,(H,25,27). The summed E-state index contributed by atoms with van der Waals surface area (Å²) in [5, 5.41) is 3.03. The van der Waals surface area contributed by atoms with Gasteiger partial charge in [-0.3, -0.25) is 4.79 Å². The van der Waals surface area contributed by atoms with E-state index in [4.69, 9.17) is 4.98 Å². The number of aryl methyl sites for hydroxylation is 3. The van der Waals surface area contributed by atoms with Gasteiger partial charge in [0, 0.05) is 12.2 Å². The lowest BCUT2D eigenvalue weighted by Crippen LogP contribution is -2.11. The number of rotatable bonds is 5. The summed E-state index contributed by atoms with van der Waals surface area (Å²) in [5.41, 5.74) is 5.22. The van der Waals surface area contributed by atoms with E-state index < -0.39 is 0 Å². The van der Waals surface area contributed by atoms with Crippen LogP contribution < -0.4 is 5.32 Å². The van der Waals surface area contributed by atoms with Crippen molar-refractivity contribution in [3.8, 4) is 10.7 Å². The number of hydrogen-bond acceptors (Lipinski definition) is 3. The second-order valence-electron chi connectivity index (χ2n) is 7.01. The number of thiophene rings is 1. The third-order valence-corrected chi connectivity index (χ3v) is 5.86. The molecule has 0 aliphatic heterocycles. The van der Waals surface area contributed by atoms with E-state index in [1.54, 1.807) is 0 Å². The minimum atomic E-state index is -0.0821. The predicted molar refractivity (Wildman–Crippen MR) is 117 cm³/mol. The Morgan fingerprint density at radius 2 is 1.93 bits per heavy atom. The summed E-state index contributed by atoms with van der Waals surface area (Å²) < 4.78 is 2.24. The van der Waals surface area contributed by atoms with Crippen molar-refractivity contribution in [2.75, 3.05) is 5.32 Å². The molecule has 0 saturated carbocycles. The quantitative estimate of drug-likeness (QED) is 0.452. The Bertz CT molecular complexity index is 1160. The molecule has 1 N–H and O–H groups in total. The highest BCUT2D eigenvalue weighted by Gasteiger charge is 2.16. The van der Waals surface area contributed by atoms with Crippen molar-refractivity contribution in [3.63, 3.8) is 0 Å². The number of benzene rings is 2. The maximum Gasteiger partial charge on any atom is 0.265 e. The molecule has 2 aromatic carbocycles. The molecule has 0 atom stereocenters. The van der Waals surface area contributed by atoms with Gasteiger partial charge in [0.05, 0.1) is 20.8 Å². The smallest absolute Gasteiger partial charge is 0.265 e. The Morgan fingerprint density at radius 1 is 1.11 bits per heavy atom. The topological polar surface area (TPSA) is 46.9 Å². The number of fused-ring (bicyclic) bond motifs is 1. The first-order chi connectivity index (χ1) is 13.6. The minimum Gasteiger partial charge on any atom is -0.323 e. The van der Waals surface area contributed by atoms with Gasteiger partial charge in [0.25, 0.3) is 5.91 Å². The first kappa shape index (κ1) is 18.4. The van der Waals surface area contributed by atoms with Gasteiger partial charge in [-0.05, 0) is 56.2 Å². The van der Waals surface area contributed by atoms with Crippen LogP contribution in [-0.4, -0.2) is 15.5 Å². The van der Waals surface area contributed by atoms with Crippen molar-refractivity contribution in [1.29, 1.82) is 0 Å². The Hall–Kier alpha value is -2.92. The summed E-state index contributed by atoms with van der Waals surface area (Å²) in [5.74, 6) is 0.847. The summed E-state index contributed by atoms with van der Waals surface area (Å²) in [6, 6.07) is 18.1. The van der Waals surface area contributed by atoms with Crippen molar-refractivity contribution in [3.05, 3.63) is 70.6 Å². The zero-order valence-electron chi connectivity index (χ0n) is 16.3. The van der Waals surface area contributed by atoms with Gasteiger partial charge in [-0.25, -0.2) is 4.98 Å². The summed E-state index contributed by atoms with van der Waals surface area (Å²) >= 11 is 1.48. The number of para-hydroxylation sites is 2. The molecule has 142 valence electrons. The van der Waals surface area contributed by atoms with E-state index in [9.17, 15) is 4.79 Å². The number of amides is 1. The SMILES string of the molecule is CCCn1c(-c2ccc(C(=O)Nc3ccc(C)cc3C)s2)nc2ccccc21. The second kappa shape index (κ2) is 7.60. The molecule has 28 heavy (non-hydrogen) atoms. The molecule has 2 heterocycles. The second-order valence-corrected chi connectivity index (χ2v) is 8.10. The molecule has 5 heteroatoms. The van der Waals surface area contributed by atoms with Gasteiger partial charge < -0.3 is 9.88 Å². The number of imidazole rings is 1. The Kier molecular flexibility index (Phi) is 5.01. The molecule has 2 aromatic heterocycles. The zero-order valence-corrected chi connectivity index (χ0v) is 17.1. The van der Waals surface area contributed by atoms with Crippen molar-refractivity contribution in [1.82, 2.24) is 9.55 Å². The number of carbonyl (C=O) groups is 1.